The highest BCUT2D eigenvalue weighted by atomic mass is 19.1. The van der Waals surface area contributed by atoms with Gasteiger partial charge in [-0.05, 0) is 95.1 Å². The maximum atomic E-state index is 13.2. The minimum absolute atomic E-state index is 0.0684. The van der Waals surface area contributed by atoms with Crippen molar-refractivity contribution < 1.29 is 18.7 Å². The largest absolute Gasteiger partial charge is 0.444 e. The highest BCUT2D eigenvalue weighted by molar-refractivity contribution is 5.97. The third-order valence-corrected chi connectivity index (χ3v) is 5.75. The van der Waals surface area contributed by atoms with Crippen molar-refractivity contribution in [2.75, 3.05) is 25.4 Å². The fourth-order valence-electron chi connectivity index (χ4n) is 4.11. The van der Waals surface area contributed by atoms with E-state index in [1.54, 1.807) is 12.1 Å². The van der Waals surface area contributed by atoms with Gasteiger partial charge in [-0.25, -0.2) is 9.18 Å². The number of Topliss-reactive ketones (excluding diaryl/α,β-unsaturated/α-hetero) is 1. The summed E-state index contributed by atoms with van der Waals surface area (Å²) in [5.74, 6) is -0.341. The number of piperidine rings is 1. The molecule has 2 aromatic carbocycles. The standard InChI is InChI=1S/C26H34FN3O3/c1-26(2,3)33-25(32)29-23(16-18-4-10-22(28)11-5-18)17-30-14-12-20(13-15-30)24(31)19-6-8-21(27)9-7-19/h4-11,20,23H,12-17,28H2,1-3H3,(H,29,32). The van der Waals surface area contributed by atoms with Crippen LogP contribution in [0.2, 0.25) is 0 Å². The smallest absolute Gasteiger partial charge is 0.407 e. The van der Waals surface area contributed by atoms with E-state index in [0.717, 1.165) is 31.5 Å². The van der Waals surface area contributed by atoms with Crippen LogP contribution in [0.3, 0.4) is 0 Å². The minimum atomic E-state index is -0.575. The molecule has 0 aliphatic carbocycles. The van der Waals surface area contributed by atoms with Crippen LogP contribution in [-0.4, -0.2) is 48.1 Å². The van der Waals surface area contributed by atoms with Gasteiger partial charge in [0.25, 0.3) is 0 Å². The second-order valence-electron chi connectivity index (χ2n) is 9.73. The molecule has 1 amide bonds. The Bertz CT molecular complexity index is 931. The van der Waals surface area contributed by atoms with Crippen LogP contribution in [0.25, 0.3) is 0 Å². The first-order valence-corrected chi connectivity index (χ1v) is 11.4. The van der Waals surface area contributed by atoms with Crippen LogP contribution >= 0.6 is 0 Å². The van der Waals surface area contributed by atoms with E-state index in [1.165, 1.54) is 12.1 Å². The fourth-order valence-corrected chi connectivity index (χ4v) is 4.11. The Kier molecular flexibility index (Phi) is 8.08. The van der Waals surface area contributed by atoms with Gasteiger partial charge in [0.1, 0.15) is 11.4 Å². The zero-order valence-corrected chi connectivity index (χ0v) is 19.6. The van der Waals surface area contributed by atoms with E-state index in [9.17, 15) is 14.0 Å². The molecule has 1 fully saturated rings. The lowest BCUT2D eigenvalue weighted by molar-refractivity contribution is 0.0485. The number of nitrogens with one attached hydrogen (secondary N) is 1. The lowest BCUT2D eigenvalue weighted by atomic mass is 9.88. The Morgan fingerprint density at radius 2 is 1.70 bits per heavy atom. The molecule has 3 rings (SSSR count). The third-order valence-electron chi connectivity index (χ3n) is 5.75. The molecule has 0 spiro atoms. The number of benzene rings is 2. The van der Waals surface area contributed by atoms with Crippen molar-refractivity contribution >= 4 is 17.6 Å². The molecule has 1 aliphatic rings. The number of ether oxygens (including phenoxy) is 1. The second kappa shape index (κ2) is 10.8. The fraction of sp³-hybridized carbons (Fsp3) is 0.462. The number of hydrogen-bond donors (Lipinski definition) is 2. The summed E-state index contributed by atoms with van der Waals surface area (Å²) in [6.45, 7) is 7.68. The predicted molar refractivity (Wildman–Crippen MR) is 128 cm³/mol. The Hall–Kier alpha value is -2.93. The lowest BCUT2D eigenvalue weighted by Crippen LogP contribution is -2.48. The van der Waals surface area contributed by atoms with Crippen LogP contribution in [0.1, 0.15) is 49.5 Å². The average Bonchev–Trinajstić information content (AvgIpc) is 2.74. The van der Waals surface area contributed by atoms with Crippen molar-refractivity contribution in [2.45, 2.75) is 51.7 Å². The molecule has 0 saturated carbocycles. The molecule has 7 heteroatoms. The summed E-state index contributed by atoms with van der Waals surface area (Å²) in [4.78, 5) is 27.5. The van der Waals surface area contributed by atoms with E-state index in [4.69, 9.17) is 10.5 Å². The van der Waals surface area contributed by atoms with Gasteiger partial charge in [0.15, 0.2) is 5.78 Å². The Labute approximate surface area is 195 Å². The molecule has 2 aromatic rings. The highest BCUT2D eigenvalue weighted by Crippen LogP contribution is 2.23. The number of likely N-dealkylation sites (tertiary alicyclic amines) is 1. The maximum Gasteiger partial charge on any atom is 0.407 e. The zero-order valence-electron chi connectivity index (χ0n) is 19.6. The van der Waals surface area contributed by atoms with Crippen LogP contribution in [0.5, 0.6) is 0 Å². The third kappa shape index (κ3) is 7.86. The summed E-state index contributed by atoms with van der Waals surface area (Å²) >= 11 is 0. The Morgan fingerprint density at radius 3 is 2.27 bits per heavy atom. The van der Waals surface area contributed by atoms with Gasteiger partial charge in [-0.2, -0.15) is 0 Å². The number of nitrogens with two attached hydrogens (primary N) is 1. The number of rotatable bonds is 7. The SMILES string of the molecule is CC(C)(C)OC(=O)NC(Cc1ccc(N)cc1)CN1CCC(C(=O)c2ccc(F)cc2)CC1. The van der Waals surface area contributed by atoms with Crippen molar-refractivity contribution in [3.63, 3.8) is 0 Å². The zero-order chi connectivity index (χ0) is 24.0. The number of nitrogens with zero attached hydrogens (tertiary/aromatic N) is 1. The second-order valence-corrected chi connectivity index (χ2v) is 9.73. The number of amides is 1. The van der Waals surface area contributed by atoms with Crippen molar-refractivity contribution in [1.82, 2.24) is 10.2 Å². The van der Waals surface area contributed by atoms with Crippen LogP contribution in [0.4, 0.5) is 14.9 Å². The summed E-state index contributed by atoms with van der Waals surface area (Å²) in [5, 5.41) is 3.01. The van der Waals surface area contributed by atoms with Crippen LogP contribution in [0.15, 0.2) is 48.5 Å². The Morgan fingerprint density at radius 1 is 1.09 bits per heavy atom. The molecule has 1 unspecified atom stereocenters. The normalized spacial score (nSPS) is 16.2. The monoisotopic (exact) mass is 455 g/mol. The van der Waals surface area contributed by atoms with E-state index in [0.29, 0.717) is 24.2 Å². The van der Waals surface area contributed by atoms with Crippen LogP contribution < -0.4 is 11.1 Å². The molecule has 178 valence electrons. The number of anilines is 1. The first-order valence-electron chi connectivity index (χ1n) is 11.4. The molecule has 1 atom stereocenters. The van der Waals surface area contributed by atoms with Gasteiger partial charge in [0.2, 0.25) is 0 Å². The molecule has 1 aliphatic heterocycles. The topological polar surface area (TPSA) is 84.7 Å². The molecular weight excluding hydrogens is 421 g/mol. The highest BCUT2D eigenvalue weighted by Gasteiger charge is 2.28. The average molecular weight is 456 g/mol. The van der Waals surface area contributed by atoms with Crippen molar-refractivity contribution in [3.05, 3.63) is 65.5 Å². The number of alkyl carbamates (subject to hydrolysis) is 1. The number of halogens is 1. The molecule has 6 nitrogen and oxygen atoms in total. The summed E-state index contributed by atoms with van der Waals surface area (Å²) in [5.41, 5.74) is 7.56. The summed E-state index contributed by atoms with van der Waals surface area (Å²) in [7, 11) is 0. The van der Waals surface area contributed by atoms with Gasteiger partial charge >= 0.3 is 6.09 Å². The minimum Gasteiger partial charge on any atom is -0.444 e. The Balaban J connectivity index is 1.59. The summed E-state index contributed by atoms with van der Waals surface area (Å²) in [6, 6.07) is 13.2. The van der Waals surface area contributed by atoms with Crippen molar-refractivity contribution in [2.24, 2.45) is 5.92 Å². The maximum absolute atomic E-state index is 13.2. The molecule has 1 heterocycles. The molecule has 33 heavy (non-hydrogen) atoms. The number of nitrogen functional groups attached to an aromatic ring is 1. The van der Waals surface area contributed by atoms with Gasteiger partial charge in [0.05, 0.1) is 0 Å². The first kappa shape index (κ1) is 24.7. The lowest BCUT2D eigenvalue weighted by Gasteiger charge is -2.34. The van der Waals surface area contributed by atoms with E-state index in [1.807, 2.05) is 45.0 Å². The summed E-state index contributed by atoms with van der Waals surface area (Å²) in [6.07, 6.45) is 1.67. The van der Waals surface area contributed by atoms with Crippen molar-refractivity contribution in [3.8, 4) is 0 Å². The molecule has 0 bridgehead atoms. The number of ketones is 1. The number of hydrogen-bond acceptors (Lipinski definition) is 5. The van der Waals surface area contributed by atoms with E-state index in [-0.39, 0.29) is 23.6 Å². The van der Waals surface area contributed by atoms with Crippen molar-refractivity contribution in [1.29, 1.82) is 0 Å². The molecule has 1 saturated heterocycles. The first-order chi connectivity index (χ1) is 15.6. The van der Waals surface area contributed by atoms with Gasteiger partial charge < -0.3 is 20.7 Å². The number of carbonyl (C=O) groups excluding carboxylic acids is 2. The van der Waals surface area contributed by atoms with Crippen LogP contribution in [-0.2, 0) is 11.2 Å². The summed E-state index contributed by atoms with van der Waals surface area (Å²) < 4.78 is 18.6. The van der Waals surface area contributed by atoms with Gasteiger partial charge in [-0.15, -0.1) is 0 Å². The molecule has 3 N–H and O–H groups in total. The molecule has 0 radical (unpaired) electrons. The van der Waals surface area contributed by atoms with E-state index in [2.05, 4.69) is 10.2 Å². The quantitative estimate of drug-likeness (QED) is 0.476. The van der Waals surface area contributed by atoms with Crippen LogP contribution in [0, 0.1) is 11.7 Å². The van der Waals surface area contributed by atoms with Gasteiger partial charge in [-0.3, -0.25) is 4.79 Å². The predicted octanol–water partition coefficient (Wildman–Crippen LogP) is 4.44. The van der Waals surface area contributed by atoms with E-state index >= 15 is 0 Å². The molecular formula is C26H34FN3O3. The molecule has 0 aromatic heterocycles. The van der Waals surface area contributed by atoms with Gasteiger partial charge in [-0.1, -0.05) is 12.1 Å². The number of carbonyl (C=O) groups is 2. The van der Waals surface area contributed by atoms with Gasteiger partial charge in [0, 0.05) is 29.8 Å². The van der Waals surface area contributed by atoms with E-state index < -0.39 is 11.7 Å².